The van der Waals surface area contributed by atoms with Crippen LogP contribution in [0, 0.1) is 11.8 Å². The number of ether oxygens (including phenoxy) is 1. The molecule has 118 valence electrons. The van der Waals surface area contributed by atoms with Crippen molar-refractivity contribution in [3.8, 4) is 5.75 Å². The van der Waals surface area contributed by atoms with Gasteiger partial charge in [0.1, 0.15) is 5.75 Å². The number of rotatable bonds is 2. The van der Waals surface area contributed by atoms with Crippen molar-refractivity contribution >= 4 is 12.4 Å². The van der Waals surface area contributed by atoms with Gasteiger partial charge >= 0.3 is 0 Å². The minimum absolute atomic E-state index is 0. The van der Waals surface area contributed by atoms with Crippen LogP contribution in [0.3, 0.4) is 0 Å². The fraction of sp³-hybridized carbons (Fsp3) is 0.667. The SMILES string of the molecule is CCC12CCN(C)CC(Cc3ccc(OC)cc31)C2C.Cl. The molecule has 1 aliphatic heterocycles. The summed E-state index contributed by atoms with van der Waals surface area (Å²) in [6, 6.07) is 6.76. The second-order valence-corrected chi connectivity index (χ2v) is 6.80. The van der Waals surface area contributed by atoms with Gasteiger partial charge in [-0.05, 0) is 73.4 Å². The van der Waals surface area contributed by atoms with Crippen LogP contribution in [0.2, 0.25) is 0 Å². The van der Waals surface area contributed by atoms with Crippen molar-refractivity contribution in [3.63, 3.8) is 0 Å². The monoisotopic (exact) mass is 309 g/mol. The fourth-order valence-electron chi connectivity index (χ4n) is 4.64. The smallest absolute Gasteiger partial charge is 0.119 e. The average Bonchev–Trinajstić information content (AvgIpc) is 2.54. The van der Waals surface area contributed by atoms with Crippen molar-refractivity contribution in [2.24, 2.45) is 11.8 Å². The normalized spacial score (nSPS) is 31.8. The van der Waals surface area contributed by atoms with Gasteiger partial charge in [0.25, 0.3) is 0 Å². The lowest BCUT2D eigenvalue weighted by molar-refractivity contribution is 0.176. The first-order valence-electron chi connectivity index (χ1n) is 7.96. The molecule has 1 aromatic rings. The Morgan fingerprint density at radius 1 is 1.38 bits per heavy atom. The van der Waals surface area contributed by atoms with E-state index in [1.807, 2.05) is 0 Å². The van der Waals surface area contributed by atoms with E-state index in [0.717, 1.165) is 17.6 Å². The zero-order valence-corrected chi connectivity index (χ0v) is 14.5. The summed E-state index contributed by atoms with van der Waals surface area (Å²) >= 11 is 0. The second-order valence-electron chi connectivity index (χ2n) is 6.80. The van der Waals surface area contributed by atoms with Gasteiger partial charge in [-0.3, -0.25) is 0 Å². The molecule has 2 bridgehead atoms. The van der Waals surface area contributed by atoms with Gasteiger partial charge < -0.3 is 9.64 Å². The molecule has 0 amide bonds. The highest BCUT2D eigenvalue weighted by Crippen LogP contribution is 2.51. The predicted molar refractivity (Wildman–Crippen MR) is 90.7 cm³/mol. The lowest BCUT2D eigenvalue weighted by atomic mass is 9.58. The molecule has 1 saturated heterocycles. The number of benzene rings is 1. The maximum Gasteiger partial charge on any atom is 0.119 e. The summed E-state index contributed by atoms with van der Waals surface area (Å²) < 4.78 is 5.48. The molecule has 21 heavy (non-hydrogen) atoms. The molecule has 0 saturated carbocycles. The Hall–Kier alpha value is -0.730. The molecular formula is C18H28ClNO. The highest BCUT2D eigenvalue weighted by atomic mass is 35.5. The number of hydrogen-bond acceptors (Lipinski definition) is 2. The Balaban J connectivity index is 0.00000161. The molecule has 0 radical (unpaired) electrons. The number of hydrogen-bond donors (Lipinski definition) is 0. The van der Waals surface area contributed by atoms with Crippen molar-refractivity contribution in [1.29, 1.82) is 0 Å². The van der Waals surface area contributed by atoms with Crippen LogP contribution < -0.4 is 4.74 Å². The molecule has 3 unspecified atom stereocenters. The maximum atomic E-state index is 5.48. The van der Waals surface area contributed by atoms with Crippen LogP contribution in [0.5, 0.6) is 5.75 Å². The quantitative estimate of drug-likeness (QED) is 0.821. The van der Waals surface area contributed by atoms with E-state index in [0.29, 0.717) is 5.41 Å². The molecule has 1 aliphatic carbocycles. The molecule has 0 spiro atoms. The van der Waals surface area contributed by atoms with Gasteiger partial charge in [-0.1, -0.05) is 19.9 Å². The van der Waals surface area contributed by atoms with Crippen LogP contribution in [-0.2, 0) is 11.8 Å². The molecule has 0 N–H and O–H groups in total. The first kappa shape index (κ1) is 16.6. The number of nitrogens with zero attached hydrogens (tertiary/aromatic N) is 1. The Kier molecular flexibility index (Phi) is 4.89. The zero-order valence-electron chi connectivity index (χ0n) is 13.7. The van der Waals surface area contributed by atoms with Crippen LogP contribution in [0.15, 0.2) is 18.2 Å². The van der Waals surface area contributed by atoms with Gasteiger partial charge in [0.15, 0.2) is 0 Å². The van der Waals surface area contributed by atoms with Gasteiger partial charge in [0, 0.05) is 6.54 Å². The van der Waals surface area contributed by atoms with Gasteiger partial charge in [0.2, 0.25) is 0 Å². The molecule has 2 aliphatic rings. The standard InChI is InChI=1S/C18H27NO.ClH/c1-5-18-8-9-19(3)12-15(13(18)2)10-14-6-7-16(20-4)11-17(14)18;/h6-7,11,13,15H,5,8-10,12H2,1-4H3;1H. The second kappa shape index (κ2) is 6.18. The lowest BCUT2D eigenvalue weighted by Crippen LogP contribution is -2.42. The van der Waals surface area contributed by atoms with Crippen molar-refractivity contribution in [3.05, 3.63) is 29.3 Å². The van der Waals surface area contributed by atoms with E-state index in [-0.39, 0.29) is 12.4 Å². The molecule has 1 aromatic carbocycles. The lowest BCUT2D eigenvalue weighted by Gasteiger charge is -2.46. The van der Waals surface area contributed by atoms with Crippen LogP contribution in [-0.4, -0.2) is 32.1 Å². The Bertz CT molecular complexity index is 504. The number of fused-ring (bicyclic) bond motifs is 4. The summed E-state index contributed by atoms with van der Waals surface area (Å²) in [4.78, 5) is 2.53. The Labute approximate surface area is 135 Å². The molecular weight excluding hydrogens is 282 g/mol. The van der Waals surface area contributed by atoms with Gasteiger partial charge in [-0.25, -0.2) is 0 Å². The minimum atomic E-state index is 0. The van der Waals surface area contributed by atoms with E-state index in [2.05, 4.69) is 44.0 Å². The first-order chi connectivity index (χ1) is 9.60. The topological polar surface area (TPSA) is 12.5 Å². The summed E-state index contributed by atoms with van der Waals surface area (Å²) in [5, 5.41) is 0. The van der Waals surface area contributed by atoms with Crippen molar-refractivity contribution in [1.82, 2.24) is 4.90 Å². The molecule has 3 rings (SSSR count). The number of halogens is 1. The Morgan fingerprint density at radius 2 is 2.14 bits per heavy atom. The van der Waals surface area contributed by atoms with Gasteiger partial charge in [-0.2, -0.15) is 0 Å². The first-order valence-corrected chi connectivity index (χ1v) is 7.96. The molecule has 3 atom stereocenters. The van der Waals surface area contributed by atoms with E-state index in [1.165, 1.54) is 32.4 Å². The van der Waals surface area contributed by atoms with Crippen molar-refractivity contribution in [2.45, 2.75) is 38.5 Å². The van der Waals surface area contributed by atoms with Crippen LogP contribution in [0.1, 0.15) is 37.8 Å². The van der Waals surface area contributed by atoms with E-state index >= 15 is 0 Å². The molecule has 1 heterocycles. The predicted octanol–water partition coefficient (Wildman–Crippen LogP) is 3.91. The molecule has 1 fully saturated rings. The third-order valence-corrected chi connectivity index (χ3v) is 6.03. The summed E-state index contributed by atoms with van der Waals surface area (Å²) in [7, 11) is 4.05. The third kappa shape index (κ3) is 2.57. The fourth-order valence-corrected chi connectivity index (χ4v) is 4.64. The van der Waals surface area contributed by atoms with Crippen LogP contribution >= 0.6 is 12.4 Å². The van der Waals surface area contributed by atoms with Gasteiger partial charge in [-0.15, -0.1) is 12.4 Å². The third-order valence-electron chi connectivity index (χ3n) is 6.03. The number of methoxy groups -OCH3 is 1. The van der Waals surface area contributed by atoms with E-state index in [1.54, 1.807) is 18.2 Å². The molecule has 3 heteroatoms. The van der Waals surface area contributed by atoms with Crippen molar-refractivity contribution < 1.29 is 4.74 Å². The Morgan fingerprint density at radius 3 is 2.81 bits per heavy atom. The van der Waals surface area contributed by atoms with E-state index < -0.39 is 0 Å². The summed E-state index contributed by atoms with van der Waals surface area (Å²) in [5.74, 6) is 2.57. The summed E-state index contributed by atoms with van der Waals surface area (Å²) in [5.41, 5.74) is 3.47. The highest BCUT2D eigenvalue weighted by molar-refractivity contribution is 5.85. The maximum absolute atomic E-state index is 5.48. The van der Waals surface area contributed by atoms with Crippen LogP contribution in [0.4, 0.5) is 0 Å². The van der Waals surface area contributed by atoms with Gasteiger partial charge in [0.05, 0.1) is 7.11 Å². The summed E-state index contributed by atoms with van der Waals surface area (Å²) in [6.45, 7) is 7.31. The summed E-state index contributed by atoms with van der Waals surface area (Å²) in [6.07, 6.45) is 3.74. The van der Waals surface area contributed by atoms with E-state index in [4.69, 9.17) is 4.74 Å². The largest absolute Gasteiger partial charge is 0.497 e. The number of likely N-dealkylation sites (tertiary alicyclic amines) is 1. The molecule has 2 nitrogen and oxygen atoms in total. The van der Waals surface area contributed by atoms with E-state index in [9.17, 15) is 0 Å². The molecule has 0 aromatic heterocycles. The van der Waals surface area contributed by atoms with Crippen LogP contribution in [0.25, 0.3) is 0 Å². The minimum Gasteiger partial charge on any atom is -0.497 e. The average molecular weight is 310 g/mol. The van der Waals surface area contributed by atoms with Crippen molar-refractivity contribution in [2.75, 3.05) is 27.2 Å². The highest BCUT2D eigenvalue weighted by Gasteiger charge is 2.46. The zero-order chi connectivity index (χ0) is 14.3.